The number of carbonyl (C=O) groups is 1. The van der Waals surface area contributed by atoms with Gasteiger partial charge in [0, 0.05) is 11.3 Å². The molecule has 0 saturated heterocycles. The third kappa shape index (κ3) is 3.37. The number of rotatable bonds is 2. The van der Waals surface area contributed by atoms with Gasteiger partial charge in [0.1, 0.15) is 0 Å². The molecular weight excluding hydrogens is 300 g/mol. The molecule has 2 aliphatic rings. The lowest BCUT2D eigenvalue weighted by molar-refractivity contribution is -0.138. The molecule has 0 amide bonds. The molecule has 1 saturated carbocycles. The fourth-order valence-electron chi connectivity index (χ4n) is 3.95. The molecule has 0 spiro atoms. The summed E-state index contributed by atoms with van der Waals surface area (Å²) >= 11 is 0. The second-order valence-corrected chi connectivity index (χ2v) is 15.2. The second kappa shape index (κ2) is 5.55. The first-order valence-corrected chi connectivity index (χ1v) is 12.0. The number of carbonyl (C=O) groups excluding carboxylic acids is 1. The minimum Gasteiger partial charge on any atom is -0.413 e. The third-order valence-electron chi connectivity index (χ3n) is 6.82. The lowest BCUT2D eigenvalue weighted by Gasteiger charge is -2.56. The van der Waals surface area contributed by atoms with E-state index in [1.807, 2.05) is 6.92 Å². The van der Waals surface area contributed by atoms with Crippen LogP contribution in [0, 0.1) is 16.7 Å². The predicted molar refractivity (Wildman–Crippen MR) is 100 cm³/mol. The maximum atomic E-state index is 12.8. The average molecular weight is 337 g/mol. The van der Waals surface area contributed by atoms with Crippen LogP contribution < -0.4 is 0 Å². The van der Waals surface area contributed by atoms with Crippen LogP contribution in [0.3, 0.4) is 0 Å². The minimum absolute atomic E-state index is 0.0400. The largest absolute Gasteiger partial charge is 0.413 e. The molecule has 0 N–H and O–H groups in total. The summed E-state index contributed by atoms with van der Waals surface area (Å²) in [5.74, 6) is 0.473. The molecule has 0 aliphatic heterocycles. The van der Waals surface area contributed by atoms with Crippen molar-refractivity contribution in [1.82, 2.24) is 0 Å². The summed E-state index contributed by atoms with van der Waals surface area (Å²) in [6.07, 6.45) is 5.37. The van der Waals surface area contributed by atoms with Crippen LogP contribution in [-0.2, 0) is 9.22 Å². The van der Waals surface area contributed by atoms with Gasteiger partial charge < -0.3 is 4.43 Å². The van der Waals surface area contributed by atoms with Gasteiger partial charge in [-0.05, 0) is 55.3 Å². The van der Waals surface area contributed by atoms with Crippen molar-refractivity contribution < 1.29 is 9.22 Å². The standard InChI is InChI=1S/C20H36O2Si/c1-14-10-11-20(7)15(17(14)21)12-19(5,6)13-16(20)22-23(8,9)18(2,3)4/h10,15-16H,11-13H2,1-9H3/t15-,16-,20-/m0/s1. The van der Waals surface area contributed by atoms with Crippen molar-refractivity contribution in [3.05, 3.63) is 11.6 Å². The summed E-state index contributed by atoms with van der Waals surface area (Å²) in [5, 5.41) is 0.199. The van der Waals surface area contributed by atoms with Crippen LogP contribution in [0.1, 0.15) is 67.7 Å². The van der Waals surface area contributed by atoms with Gasteiger partial charge in [-0.1, -0.05) is 47.6 Å². The van der Waals surface area contributed by atoms with Gasteiger partial charge in [-0.15, -0.1) is 0 Å². The summed E-state index contributed by atoms with van der Waals surface area (Å²) in [7, 11) is -1.85. The van der Waals surface area contributed by atoms with Crippen molar-refractivity contribution in [2.24, 2.45) is 16.7 Å². The van der Waals surface area contributed by atoms with Crippen molar-refractivity contribution in [2.45, 2.75) is 92.0 Å². The fraction of sp³-hybridized carbons (Fsp3) is 0.850. The number of ketones is 1. The Hall–Kier alpha value is -0.413. The Morgan fingerprint density at radius 1 is 1.17 bits per heavy atom. The molecule has 0 aromatic heterocycles. The van der Waals surface area contributed by atoms with Gasteiger partial charge in [-0.25, -0.2) is 0 Å². The molecule has 2 aliphatic carbocycles. The molecule has 2 nitrogen and oxygen atoms in total. The highest BCUT2D eigenvalue weighted by Gasteiger charge is 2.55. The van der Waals surface area contributed by atoms with Crippen molar-refractivity contribution in [1.29, 1.82) is 0 Å². The third-order valence-corrected chi connectivity index (χ3v) is 11.3. The van der Waals surface area contributed by atoms with E-state index in [4.69, 9.17) is 4.43 Å². The van der Waals surface area contributed by atoms with E-state index in [0.29, 0.717) is 5.78 Å². The zero-order valence-electron chi connectivity index (χ0n) is 16.7. The van der Waals surface area contributed by atoms with Crippen LogP contribution >= 0.6 is 0 Å². The van der Waals surface area contributed by atoms with Crippen LogP contribution in [0.15, 0.2) is 11.6 Å². The first-order chi connectivity index (χ1) is 10.2. The predicted octanol–water partition coefficient (Wildman–Crippen LogP) is 5.74. The molecule has 2 rings (SSSR count). The molecule has 23 heavy (non-hydrogen) atoms. The van der Waals surface area contributed by atoms with Crippen LogP contribution in [-0.4, -0.2) is 20.2 Å². The molecule has 132 valence electrons. The van der Waals surface area contributed by atoms with Gasteiger partial charge in [0.2, 0.25) is 0 Å². The van der Waals surface area contributed by atoms with E-state index in [1.54, 1.807) is 0 Å². The van der Waals surface area contributed by atoms with Crippen molar-refractivity contribution in [2.75, 3.05) is 0 Å². The Kier molecular flexibility index (Phi) is 4.57. The number of hydrogen-bond acceptors (Lipinski definition) is 2. The van der Waals surface area contributed by atoms with Crippen LogP contribution in [0.4, 0.5) is 0 Å². The summed E-state index contributed by atoms with van der Waals surface area (Å²) in [6.45, 7) is 20.4. The molecule has 0 bridgehead atoms. The van der Waals surface area contributed by atoms with Crippen molar-refractivity contribution >= 4 is 14.1 Å². The molecule has 0 unspecified atom stereocenters. The van der Waals surface area contributed by atoms with Gasteiger partial charge in [0.25, 0.3) is 0 Å². The van der Waals surface area contributed by atoms with E-state index >= 15 is 0 Å². The second-order valence-electron chi connectivity index (χ2n) is 10.5. The maximum absolute atomic E-state index is 12.8. The number of hydrogen-bond donors (Lipinski definition) is 0. The molecule has 3 heteroatoms. The zero-order valence-corrected chi connectivity index (χ0v) is 17.7. The smallest absolute Gasteiger partial charge is 0.192 e. The normalized spacial score (nSPS) is 34.8. The van der Waals surface area contributed by atoms with Gasteiger partial charge in [-0.2, -0.15) is 0 Å². The highest BCUT2D eigenvalue weighted by atomic mass is 28.4. The Balaban J connectivity index is 2.40. The highest BCUT2D eigenvalue weighted by molar-refractivity contribution is 6.74. The van der Waals surface area contributed by atoms with Crippen LogP contribution in [0.2, 0.25) is 18.1 Å². The van der Waals surface area contributed by atoms with Crippen LogP contribution in [0.5, 0.6) is 0 Å². The van der Waals surface area contributed by atoms with Gasteiger partial charge in [0.05, 0.1) is 6.10 Å². The summed E-state index contributed by atoms with van der Waals surface area (Å²) in [4.78, 5) is 12.8. The zero-order chi connectivity index (χ0) is 17.8. The van der Waals surface area contributed by atoms with Crippen molar-refractivity contribution in [3.8, 4) is 0 Å². The molecule has 0 heterocycles. The van der Waals surface area contributed by atoms with E-state index in [9.17, 15) is 4.79 Å². The SMILES string of the molecule is CC1=CC[C@]2(C)[C@@H](O[Si](C)(C)C(C)(C)C)CC(C)(C)C[C@H]2C1=O. The Labute approximate surface area is 144 Å². The van der Waals surface area contributed by atoms with E-state index < -0.39 is 8.32 Å². The molecule has 1 fully saturated rings. The monoisotopic (exact) mass is 336 g/mol. The van der Waals surface area contributed by atoms with Gasteiger partial charge in [0.15, 0.2) is 14.1 Å². The van der Waals surface area contributed by atoms with E-state index in [0.717, 1.165) is 24.8 Å². The Bertz CT molecular complexity index is 524. The molecule has 3 atom stereocenters. The molecular formula is C20H36O2Si. The van der Waals surface area contributed by atoms with Gasteiger partial charge in [-0.3, -0.25) is 4.79 Å². The first kappa shape index (κ1) is 18.9. The Morgan fingerprint density at radius 3 is 2.26 bits per heavy atom. The molecule has 0 radical (unpaired) electrons. The quantitative estimate of drug-likeness (QED) is 0.601. The minimum atomic E-state index is -1.85. The first-order valence-electron chi connectivity index (χ1n) is 9.08. The average Bonchev–Trinajstić information content (AvgIpc) is 2.36. The number of allylic oxidation sites excluding steroid dienone is 2. The van der Waals surface area contributed by atoms with Gasteiger partial charge >= 0.3 is 0 Å². The van der Waals surface area contributed by atoms with Crippen LogP contribution in [0.25, 0.3) is 0 Å². The number of Topliss-reactive ketones (excluding diaryl/α,β-unsaturated/α-hetero) is 1. The van der Waals surface area contributed by atoms with Crippen molar-refractivity contribution in [3.63, 3.8) is 0 Å². The number of fused-ring (bicyclic) bond motifs is 1. The summed E-state index contributed by atoms with van der Waals surface area (Å²) in [6, 6.07) is 0. The molecule has 0 aromatic carbocycles. The highest BCUT2D eigenvalue weighted by Crippen LogP contribution is 2.56. The van der Waals surface area contributed by atoms with E-state index in [1.165, 1.54) is 0 Å². The Morgan fingerprint density at radius 2 is 1.74 bits per heavy atom. The summed E-state index contributed by atoms with van der Waals surface area (Å²) in [5.41, 5.74) is 1.09. The summed E-state index contributed by atoms with van der Waals surface area (Å²) < 4.78 is 6.89. The fourth-order valence-corrected chi connectivity index (χ4v) is 5.37. The maximum Gasteiger partial charge on any atom is 0.192 e. The van der Waals surface area contributed by atoms with E-state index in [2.05, 4.69) is 60.7 Å². The lowest BCUT2D eigenvalue weighted by Crippen LogP contribution is -2.57. The topological polar surface area (TPSA) is 26.3 Å². The lowest BCUT2D eigenvalue weighted by atomic mass is 9.54. The van der Waals surface area contributed by atoms with E-state index in [-0.39, 0.29) is 27.9 Å². The molecule has 0 aromatic rings.